The molecular weight excluding hydrogens is 346 g/mol. The van der Waals surface area contributed by atoms with Gasteiger partial charge in [0.25, 0.3) is 5.91 Å². The van der Waals surface area contributed by atoms with Crippen molar-refractivity contribution in [3.05, 3.63) is 36.9 Å². The van der Waals surface area contributed by atoms with E-state index in [2.05, 4.69) is 16.8 Å². The highest BCUT2D eigenvalue weighted by Gasteiger charge is 2.21. The summed E-state index contributed by atoms with van der Waals surface area (Å²) in [7, 11) is 0. The number of hydrogen-bond acceptors (Lipinski definition) is 5. The molecule has 1 atom stereocenters. The van der Waals surface area contributed by atoms with Crippen molar-refractivity contribution in [2.75, 3.05) is 56.2 Å². The highest BCUT2D eigenvalue weighted by atomic mass is 16.5. The van der Waals surface area contributed by atoms with Gasteiger partial charge in [-0.15, -0.1) is 6.58 Å². The first-order chi connectivity index (χ1) is 13.0. The summed E-state index contributed by atoms with van der Waals surface area (Å²) >= 11 is 0. The van der Waals surface area contributed by atoms with Crippen LogP contribution in [-0.2, 0) is 19.1 Å². The maximum atomic E-state index is 12.4. The number of likely N-dealkylation sites (N-methyl/N-ethyl adjacent to an activating group) is 1. The molecule has 1 saturated heterocycles. The van der Waals surface area contributed by atoms with E-state index in [0.717, 1.165) is 32.0 Å². The summed E-state index contributed by atoms with van der Waals surface area (Å²) in [6.45, 7) is 11.0. The summed E-state index contributed by atoms with van der Waals surface area (Å²) in [4.78, 5) is 28.4. The number of nitrogens with one attached hydrogen (secondary N) is 1. The third kappa shape index (κ3) is 6.37. The smallest absolute Gasteiger partial charge is 0.251 e. The minimum atomic E-state index is -0.608. The van der Waals surface area contributed by atoms with Gasteiger partial charge < -0.3 is 24.6 Å². The summed E-state index contributed by atoms with van der Waals surface area (Å²) in [6, 6.07) is 7.71. The first-order valence-corrected chi connectivity index (χ1v) is 9.29. The first-order valence-electron chi connectivity index (χ1n) is 9.29. The van der Waals surface area contributed by atoms with Gasteiger partial charge in [-0.2, -0.15) is 0 Å². The van der Waals surface area contributed by atoms with E-state index >= 15 is 0 Å². The summed E-state index contributed by atoms with van der Waals surface area (Å²) in [6.07, 6.45) is 0.983. The van der Waals surface area contributed by atoms with Crippen molar-refractivity contribution in [1.82, 2.24) is 4.90 Å². The Kier molecular flexibility index (Phi) is 8.29. The summed E-state index contributed by atoms with van der Waals surface area (Å²) in [5.41, 5.74) is 1.81. The van der Waals surface area contributed by atoms with Crippen molar-refractivity contribution < 1.29 is 19.1 Å². The Morgan fingerprint density at radius 1 is 1.33 bits per heavy atom. The van der Waals surface area contributed by atoms with Crippen molar-refractivity contribution in [3.8, 4) is 0 Å². The van der Waals surface area contributed by atoms with Crippen LogP contribution in [0.3, 0.4) is 0 Å². The highest BCUT2D eigenvalue weighted by molar-refractivity contribution is 5.95. The van der Waals surface area contributed by atoms with Crippen LogP contribution in [0.15, 0.2) is 36.9 Å². The Bertz CT molecular complexity index is 627. The van der Waals surface area contributed by atoms with Crippen LogP contribution in [0.5, 0.6) is 0 Å². The predicted molar refractivity (Wildman–Crippen MR) is 106 cm³/mol. The molecule has 1 aliphatic heterocycles. The third-order valence-electron chi connectivity index (χ3n) is 4.37. The molecule has 148 valence electrons. The molecule has 7 nitrogen and oxygen atoms in total. The fourth-order valence-electron chi connectivity index (χ4n) is 2.84. The van der Waals surface area contributed by atoms with Crippen LogP contribution in [0.25, 0.3) is 0 Å². The summed E-state index contributed by atoms with van der Waals surface area (Å²) in [5, 5.41) is 2.84. The van der Waals surface area contributed by atoms with Crippen LogP contribution < -0.4 is 10.2 Å². The van der Waals surface area contributed by atoms with Gasteiger partial charge in [0.1, 0.15) is 6.10 Å². The predicted octanol–water partition coefficient (Wildman–Crippen LogP) is 1.90. The van der Waals surface area contributed by atoms with E-state index < -0.39 is 6.10 Å². The van der Waals surface area contributed by atoms with Gasteiger partial charge >= 0.3 is 0 Å². The maximum Gasteiger partial charge on any atom is 0.251 e. The minimum Gasteiger partial charge on any atom is -0.378 e. The molecule has 2 rings (SSSR count). The molecule has 0 radical (unpaired) electrons. The van der Waals surface area contributed by atoms with E-state index in [1.165, 1.54) is 4.90 Å². The molecule has 0 spiro atoms. The summed E-state index contributed by atoms with van der Waals surface area (Å²) in [5.74, 6) is -0.447. The number of ether oxygens (including phenoxy) is 2. The second-order valence-corrected chi connectivity index (χ2v) is 6.31. The van der Waals surface area contributed by atoms with Gasteiger partial charge in [0, 0.05) is 31.0 Å². The standard InChI is InChI=1S/C20H29N3O4/c1-4-12-27-16(3)20(25)22(5-2)15-19(24)21-17-6-8-18(9-7-17)23-10-13-26-14-11-23/h4,6-9,16H,1,5,10-15H2,2-3H3,(H,21,24). The molecule has 0 saturated carbocycles. The van der Waals surface area contributed by atoms with Crippen molar-refractivity contribution in [1.29, 1.82) is 0 Å². The second kappa shape index (κ2) is 10.7. The van der Waals surface area contributed by atoms with E-state index in [9.17, 15) is 9.59 Å². The minimum absolute atomic E-state index is 0.0116. The molecule has 1 aromatic rings. The Morgan fingerprint density at radius 2 is 2.00 bits per heavy atom. The molecule has 0 aliphatic carbocycles. The van der Waals surface area contributed by atoms with Crippen LogP contribution in [-0.4, -0.2) is 68.8 Å². The zero-order valence-corrected chi connectivity index (χ0v) is 16.1. The monoisotopic (exact) mass is 375 g/mol. The van der Waals surface area contributed by atoms with Crippen LogP contribution in [0.1, 0.15) is 13.8 Å². The normalized spacial score (nSPS) is 15.1. The van der Waals surface area contributed by atoms with Crippen LogP contribution >= 0.6 is 0 Å². The number of nitrogens with zero attached hydrogens (tertiary/aromatic N) is 2. The lowest BCUT2D eigenvalue weighted by atomic mass is 10.2. The zero-order valence-electron chi connectivity index (χ0n) is 16.1. The lowest BCUT2D eigenvalue weighted by molar-refractivity contribution is -0.143. The largest absolute Gasteiger partial charge is 0.378 e. The average molecular weight is 375 g/mol. The molecule has 1 aliphatic rings. The molecule has 1 heterocycles. The third-order valence-corrected chi connectivity index (χ3v) is 4.37. The number of benzene rings is 1. The molecule has 0 aromatic heterocycles. The van der Waals surface area contributed by atoms with Gasteiger partial charge in [-0.05, 0) is 38.1 Å². The maximum absolute atomic E-state index is 12.4. The van der Waals surface area contributed by atoms with E-state index in [1.807, 2.05) is 31.2 Å². The highest BCUT2D eigenvalue weighted by Crippen LogP contribution is 2.19. The lowest BCUT2D eigenvalue weighted by Gasteiger charge is -2.29. The van der Waals surface area contributed by atoms with Gasteiger partial charge in [-0.25, -0.2) is 0 Å². The number of morpholine rings is 1. The zero-order chi connectivity index (χ0) is 19.6. The summed E-state index contributed by atoms with van der Waals surface area (Å²) < 4.78 is 10.7. The average Bonchev–Trinajstić information content (AvgIpc) is 2.71. The van der Waals surface area contributed by atoms with E-state index in [0.29, 0.717) is 18.8 Å². The molecule has 1 fully saturated rings. The van der Waals surface area contributed by atoms with Gasteiger partial charge in [-0.3, -0.25) is 9.59 Å². The fraction of sp³-hybridized carbons (Fsp3) is 0.500. The first kappa shape index (κ1) is 20.9. The molecular formula is C20H29N3O4. The number of amides is 2. The number of hydrogen-bond donors (Lipinski definition) is 1. The Morgan fingerprint density at radius 3 is 2.59 bits per heavy atom. The number of anilines is 2. The van der Waals surface area contributed by atoms with E-state index in [-0.39, 0.29) is 18.4 Å². The number of rotatable bonds is 9. The molecule has 0 bridgehead atoms. The fourth-order valence-corrected chi connectivity index (χ4v) is 2.84. The van der Waals surface area contributed by atoms with E-state index in [1.54, 1.807) is 13.0 Å². The second-order valence-electron chi connectivity index (χ2n) is 6.31. The molecule has 7 heteroatoms. The van der Waals surface area contributed by atoms with Crippen LogP contribution in [0.2, 0.25) is 0 Å². The van der Waals surface area contributed by atoms with Gasteiger partial charge in [0.05, 0.1) is 26.4 Å². The topological polar surface area (TPSA) is 71.1 Å². The molecule has 1 unspecified atom stereocenters. The van der Waals surface area contributed by atoms with Gasteiger partial charge in [0.2, 0.25) is 5.91 Å². The van der Waals surface area contributed by atoms with Crippen LogP contribution in [0, 0.1) is 0 Å². The SMILES string of the molecule is C=CCOC(C)C(=O)N(CC)CC(=O)Nc1ccc(N2CCOCC2)cc1. The molecule has 1 N–H and O–H groups in total. The Hall–Kier alpha value is -2.38. The number of carbonyl (C=O) groups excluding carboxylic acids is 2. The quantitative estimate of drug-likeness (QED) is 0.668. The van der Waals surface area contributed by atoms with Crippen LogP contribution in [0.4, 0.5) is 11.4 Å². The van der Waals surface area contributed by atoms with E-state index in [4.69, 9.17) is 9.47 Å². The van der Waals surface area contributed by atoms with Gasteiger partial charge in [-0.1, -0.05) is 6.08 Å². The van der Waals surface area contributed by atoms with Crippen molar-refractivity contribution in [2.24, 2.45) is 0 Å². The van der Waals surface area contributed by atoms with Crippen molar-refractivity contribution in [3.63, 3.8) is 0 Å². The van der Waals surface area contributed by atoms with Crippen molar-refractivity contribution >= 4 is 23.2 Å². The lowest BCUT2D eigenvalue weighted by Crippen LogP contribution is -2.43. The molecule has 1 aromatic carbocycles. The van der Waals surface area contributed by atoms with Crippen molar-refractivity contribution in [2.45, 2.75) is 20.0 Å². The molecule has 2 amide bonds. The molecule has 27 heavy (non-hydrogen) atoms. The number of carbonyl (C=O) groups is 2. The Labute approximate surface area is 160 Å². The Balaban J connectivity index is 1.87. The van der Waals surface area contributed by atoms with Gasteiger partial charge in [0.15, 0.2) is 0 Å².